The third-order valence-electron chi connectivity index (χ3n) is 7.48. The van der Waals surface area contributed by atoms with Crippen LogP contribution in [0, 0.1) is 0 Å². The van der Waals surface area contributed by atoms with Gasteiger partial charge >= 0.3 is 17.6 Å². The highest BCUT2D eigenvalue weighted by Gasteiger charge is 2.29. The molecule has 0 radical (unpaired) electrons. The minimum Gasteiger partial charge on any atom is -0.465 e. The Labute approximate surface area is 241 Å². The average molecular weight is 565 g/mol. The lowest BCUT2D eigenvalue weighted by molar-refractivity contribution is 0.0591. The fourth-order valence-electron chi connectivity index (χ4n) is 5.42. The number of carbonyl (C=O) groups is 2. The zero-order valence-electron chi connectivity index (χ0n) is 23.1. The minimum absolute atomic E-state index is 0.0604. The molecule has 0 bridgehead atoms. The topological polar surface area (TPSA) is 121 Å². The van der Waals surface area contributed by atoms with E-state index in [1.807, 2.05) is 28.8 Å². The number of fused-ring (bicyclic) bond motifs is 1. The van der Waals surface area contributed by atoms with Crippen LogP contribution in [0.4, 0.5) is 0 Å². The van der Waals surface area contributed by atoms with Crippen molar-refractivity contribution >= 4 is 23.1 Å². The number of pyridine rings is 3. The summed E-state index contributed by atoms with van der Waals surface area (Å²) in [5.41, 5.74) is 4.96. The van der Waals surface area contributed by atoms with E-state index in [9.17, 15) is 14.4 Å². The highest BCUT2D eigenvalue weighted by atomic mass is 16.5. The summed E-state index contributed by atoms with van der Waals surface area (Å²) in [7, 11) is 2.70. The quantitative estimate of drug-likeness (QED) is 0.273. The second-order valence-corrected chi connectivity index (χ2v) is 10.0. The minimum atomic E-state index is -0.400. The van der Waals surface area contributed by atoms with Crippen molar-refractivity contribution in [1.29, 1.82) is 0 Å². The Bertz CT molecular complexity index is 1830. The zero-order chi connectivity index (χ0) is 29.2. The van der Waals surface area contributed by atoms with Gasteiger partial charge in [-0.15, -0.1) is 0 Å². The first kappa shape index (κ1) is 27.0. The maximum atomic E-state index is 13.9. The number of hydrogen-bond acceptors (Lipinski definition) is 9. The highest BCUT2D eigenvalue weighted by molar-refractivity contribution is 5.90. The van der Waals surface area contributed by atoms with Crippen LogP contribution < -0.4 is 5.69 Å². The first-order valence-corrected chi connectivity index (χ1v) is 13.5. The van der Waals surface area contributed by atoms with E-state index >= 15 is 0 Å². The molecule has 0 N–H and O–H groups in total. The van der Waals surface area contributed by atoms with Gasteiger partial charge in [-0.2, -0.15) is 0 Å². The van der Waals surface area contributed by atoms with E-state index in [2.05, 4.69) is 19.9 Å². The Balaban J connectivity index is 1.26. The summed E-state index contributed by atoms with van der Waals surface area (Å²) < 4.78 is 13.0. The van der Waals surface area contributed by atoms with Crippen LogP contribution in [0.15, 0.2) is 84.0 Å². The molecule has 11 heteroatoms. The Kier molecular flexibility index (Phi) is 7.32. The lowest BCUT2D eigenvalue weighted by Gasteiger charge is -2.16. The molecule has 1 aromatic carbocycles. The van der Waals surface area contributed by atoms with E-state index in [1.165, 1.54) is 14.2 Å². The second kappa shape index (κ2) is 11.4. The average Bonchev–Trinajstić information content (AvgIpc) is 3.61. The van der Waals surface area contributed by atoms with Gasteiger partial charge in [-0.1, -0.05) is 12.1 Å². The third kappa shape index (κ3) is 5.06. The van der Waals surface area contributed by atoms with Crippen molar-refractivity contribution in [2.45, 2.75) is 19.0 Å². The molecule has 1 atom stereocenters. The summed E-state index contributed by atoms with van der Waals surface area (Å²) in [4.78, 5) is 53.4. The van der Waals surface area contributed by atoms with E-state index < -0.39 is 11.9 Å². The fraction of sp³-hybridized carbons (Fsp3) is 0.226. The SMILES string of the molecule is COC(=O)c1ccc(-c2ccc(-n3c(=O)n([C@H]4CCN(Cc5cc(C(=O)OC)ccn5)C4)c4cccnc43)cn2)cc1. The summed E-state index contributed by atoms with van der Waals surface area (Å²) in [6.07, 6.45) is 5.72. The van der Waals surface area contributed by atoms with Crippen LogP contribution in [0.25, 0.3) is 28.1 Å². The maximum absolute atomic E-state index is 13.9. The smallest absolute Gasteiger partial charge is 0.337 e. The number of aromatic nitrogens is 5. The van der Waals surface area contributed by atoms with Gasteiger partial charge in [-0.3, -0.25) is 19.4 Å². The molecule has 0 unspecified atom stereocenters. The predicted molar refractivity (Wildman–Crippen MR) is 154 cm³/mol. The summed E-state index contributed by atoms with van der Waals surface area (Å²) in [6, 6.07) is 17.7. The second-order valence-electron chi connectivity index (χ2n) is 10.0. The standard InChI is InChI=1S/C31H28N6O5/c1-41-29(38)21-7-5-20(6-8-21)26-10-9-24(17-34-26)37-28-27(4-3-13-33-28)36(31(37)40)25-12-15-35(19-25)18-23-16-22(11-14-32-23)30(39)42-2/h3-11,13-14,16-17,25H,12,15,18-19H2,1-2H3/t25-/m0/s1. The maximum Gasteiger partial charge on any atom is 0.337 e. The Morgan fingerprint density at radius 3 is 2.43 bits per heavy atom. The Morgan fingerprint density at radius 1 is 0.905 bits per heavy atom. The lowest BCUT2D eigenvalue weighted by atomic mass is 10.1. The van der Waals surface area contributed by atoms with Crippen LogP contribution in [0.3, 0.4) is 0 Å². The van der Waals surface area contributed by atoms with Crippen LogP contribution in [0.2, 0.25) is 0 Å². The predicted octanol–water partition coefficient (Wildman–Crippen LogP) is 3.66. The van der Waals surface area contributed by atoms with Gasteiger partial charge in [0.15, 0.2) is 5.65 Å². The number of hydrogen-bond donors (Lipinski definition) is 0. The summed E-state index contributed by atoms with van der Waals surface area (Å²) in [5.74, 6) is -0.799. The zero-order valence-corrected chi connectivity index (χ0v) is 23.1. The Hall–Kier alpha value is -5.16. The van der Waals surface area contributed by atoms with E-state index in [0.717, 1.165) is 29.7 Å². The van der Waals surface area contributed by atoms with Crippen LogP contribution >= 0.6 is 0 Å². The molecule has 5 heterocycles. The number of rotatable bonds is 7. The number of likely N-dealkylation sites (tertiary alicyclic amines) is 1. The van der Waals surface area contributed by atoms with Gasteiger partial charge in [0.25, 0.3) is 0 Å². The molecule has 1 aliphatic heterocycles. The van der Waals surface area contributed by atoms with Crippen molar-refractivity contribution in [3.05, 3.63) is 107 Å². The number of esters is 2. The monoisotopic (exact) mass is 564 g/mol. The number of methoxy groups -OCH3 is 2. The number of nitrogens with zero attached hydrogens (tertiary/aromatic N) is 6. The van der Waals surface area contributed by atoms with Crippen molar-refractivity contribution in [3.63, 3.8) is 0 Å². The molecule has 4 aromatic heterocycles. The fourth-order valence-corrected chi connectivity index (χ4v) is 5.42. The van der Waals surface area contributed by atoms with Gasteiger partial charge in [0.2, 0.25) is 0 Å². The van der Waals surface area contributed by atoms with Crippen LogP contribution in [-0.4, -0.2) is 68.2 Å². The van der Waals surface area contributed by atoms with Crippen molar-refractivity contribution in [2.75, 3.05) is 27.3 Å². The van der Waals surface area contributed by atoms with E-state index in [4.69, 9.17) is 9.47 Å². The first-order valence-electron chi connectivity index (χ1n) is 13.5. The molecule has 0 spiro atoms. The van der Waals surface area contributed by atoms with E-state index in [-0.39, 0.29) is 11.7 Å². The van der Waals surface area contributed by atoms with Crippen molar-refractivity contribution < 1.29 is 19.1 Å². The molecule has 0 amide bonds. The lowest BCUT2D eigenvalue weighted by Crippen LogP contribution is -2.29. The van der Waals surface area contributed by atoms with Gasteiger partial charge < -0.3 is 9.47 Å². The molecule has 1 saturated heterocycles. The summed E-state index contributed by atoms with van der Waals surface area (Å²) >= 11 is 0. The number of ether oxygens (including phenoxy) is 2. The van der Waals surface area contributed by atoms with Gasteiger partial charge in [-0.05, 0) is 55.0 Å². The van der Waals surface area contributed by atoms with E-state index in [0.29, 0.717) is 41.2 Å². The van der Waals surface area contributed by atoms with E-state index in [1.54, 1.807) is 59.6 Å². The van der Waals surface area contributed by atoms with Crippen molar-refractivity contribution in [3.8, 4) is 16.9 Å². The molecular weight excluding hydrogens is 536 g/mol. The van der Waals surface area contributed by atoms with Crippen molar-refractivity contribution in [2.24, 2.45) is 0 Å². The van der Waals surface area contributed by atoms with Gasteiger partial charge in [0, 0.05) is 37.6 Å². The number of imidazole rings is 1. The number of benzene rings is 1. The van der Waals surface area contributed by atoms with Gasteiger partial charge in [0.1, 0.15) is 0 Å². The molecule has 0 saturated carbocycles. The van der Waals surface area contributed by atoms with Crippen LogP contribution in [0.1, 0.15) is 38.9 Å². The summed E-state index contributed by atoms with van der Waals surface area (Å²) in [6.45, 7) is 1.98. The first-order chi connectivity index (χ1) is 20.5. The Morgan fingerprint density at radius 2 is 1.69 bits per heavy atom. The molecule has 11 nitrogen and oxygen atoms in total. The molecule has 6 rings (SSSR count). The molecule has 0 aliphatic carbocycles. The molecule has 1 aliphatic rings. The van der Waals surface area contributed by atoms with Crippen LogP contribution in [0.5, 0.6) is 0 Å². The largest absolute Gasteiger partial charge is 0.465 e. The third-order valence-corrected chi connectivity index (χ3v) is 7.48. The van der Waals surface area contributed by atoms with Crippen LogP contribution in [-0.2, 0) is 16.0 Å². The van der Waals surface area contributed by atoms with Crippen molar-refractivity contribution in [1.82, 2.24) is 29.0 Å². The molecular formula is C31H28N6O5. The highest BCUT2D eigenvalue weighted by Crippen LogP contribution is 2.27. The summed E-state index contributed by atoms with van der Waals surface area (Å²) in [5, 5.41) is 0. The number of carbonyl (C=O) groups excluding carboxylic acids is 2. The van der Waals surface area contributed by atoms with Gasteiger partial charge in [-0.25, -0.2) is 23.9 Å². The normalized spacial score (nSPS) is 15.1. The molecule has 5 aromatic rings. The molecule has 42 heavy (non-hydrogen) atoms. The molecule has 1 fully saturated rings. The molecule has 212 valence electrons. The van der Waals surface area contributed by atoms with Gasteiger partial charge in [0.05, 0.1) is 60.2 Å².